The Hall–Kier alpha value is -1.38. The fraction of sp³-hybridized carbons (Fsp3) is 0.733. The number of rotatable bonds is 3. The molecule has 2 aliphatic rings. The Morgan fingerprint density at radius 3 is 2.35 bits per heavy atom. The minimum Gasteiger partial charge on any atom is -0.379 e. The van der Waals surface area contributed by atoms with E-state index in [1.165, 1.54) is 0 Å². The quantitative estimate of drug-likeness (QED) is 0.574. The van der Waals surface area contributed by atoms with E-state index in [0.29, 0.717) is 13.2 Å². The molecule has 2 aliphatic heterocycles. The summed E-state index contributed by atoms with van der Waals surface area (Å²) in [4.78, 5) is 16.4. The summed E-state index contributed by atoms with van der Waals surface area (Å²) in [5, 5.41) is 9.31. The summed E-state index contributed by atoms with van der Waals surface area (Å²) < 4.78 is 5.35. The van der Waals surface area contributed by atoms with Gasteiger partial charge in [-0.25, -0.2) is 0 Å². The molecule has 2 saturated heterocycles. The zero-order chi connectivity index (χ0) is 14.6. The molecule has 0 aromatic rings. The van der Waals surface area contributed by atoms with Gasteiger partial charge in [0, 0.05) is 31.7 Å². The molecule has 0 radical (unpaired) electrons. The van der Waals surface area contributed by atoms with E-state index in [1.807, 2.05) is 19.9 Å². The number of likely N-dealkylation sites (tertiary alicyclic amines) is 1. The molecular weight excluding hydrogens is 254 g/mol. The Labute approximate surface area is 120 Å². The number of nitriles is 1. The second-order valence-corrected chi connectivity index (χ2v) is 5.92. The van der Waals surface area contributed by atoms with Crippen molar-refractivity contribution in [2.75, 3.05) is 39.4 Å². The van der Waals surface area contributed by atoms with Gasteiger partial charge in [-0.15, -0.1) is 0 Å². The molecule has 2 rings (SSSR count). The lowest BCUT2D eigenvalue weighted by Gasteiger charge is -2.39. The second-order valence-electron chi connectivity index (χ2n) is 5.92. The summed E-state index contributed by atoms with van der Waals surface area (Å²) >= 11 is 0. The molecule has 20 heavy (non-hydrogen) atoms. The predicted octanol–water partition coefficient (Wildman–Crippen LogP) is 1.17. The van der Waals surface area contributed by atoms with Gasteiger partial charge < -0.3 is 9.64 Å². The van der Waals surface area contributed by atoms with Gasteiger partial charge in [0.25, 0.3) is 5.91 Å². The highest BCUT2D eigenvalue weighted by Gasteiger charge is 2.29. The van der Waals surface area contributed by atoms with Crippen LogP contribution in [0.1, 0.15) is 26.7 Å². The summed E-state index contributed by atoms with van der Waals surface area (Å²) in [5.41, 5.74) is -0.0343. The normalized spacial score (nSPS) is 21.9. The van der Waals surface area contributed by atoms with Crippen LogP contribution in [0.5, 0.6) is 0 Å². The molecule has 0 saturated carbocycles. The van der Waals surface area contributed by atoms with E-state index in [0.717, 1.165) is 39.0 Å². The lowest BCUT2D eigenvalue weighted by molar-refractivity contribution is -0.125. The average molecular weight is 277 g/mol. The molecule has 0 aromatic heterocycles. The van der Waals surface area contributed by atoms with Crippen LogP contribution < -0.4 is 0 Å². The lowest BCUT2D eigenvalue weighted by Crippen LogP contribution is -2.49. The van der Waals surface area contributed by atoms with Gasteiger partial charge in [0.05, 0.1) is 13.2 Å². The first-order valence-electron chi connectivity index (χ1n) is 7.29. The maximum absolute atomic E-state index is 12.3. The van der Waals surface area contributed by atoms with Crippen LogP contribution in [0.2, 0.25) is 0 Å². The minimum atomic E-state index is -0.301. The largest absolute Gasteiger partial charge is 0.379 e. The molecule has 110 valence electrons. The molecule has 0 atom stereocenters. The van der Waals surface area contributed by atoms with Crippen LogP contribution in [0, 0.1) is 11.3 Å². The molecule has 2 heterocycles. The molecule has 1 amide bonds. The van der Waals surface area contributed by atoms with Gasteiger partial charge in [-0.2, -0.15) is 5.26 Å². The van der Waals surface area contributed by atoms with E-state index in [9.17, 15) is 10.1 Å². The highest BCUT2D eigenvalue weighted by molar-refractivity contribution is 5.97. The zero-order valence-corrected chi connectivity index (χ0v) is 12.4. The van der Waals surface area contributed by atoms with Gasteiger partial charge in [-0.05, 0) is 32.8 Å². The number of morpholine rings is 1. The first kappa shape index (κ1) is 15.0. The van der Waals surface area contributed by atoms with Crippen molar-refractivity contribution in [2.45, 2.75) is 32.2 Å². The van der Waals surface area contributed by atoms with Gasteiger partial charge in [0.1, 0.15) is 11.6 Å². The van der Waals surface area contributed by atoms with E-state index in [4.69, 9.17) is 4.74 Å². The third-order valence-corrected chi connectivity index (χ3v) is 4.07. The Kier molecular flexibility index (Phi) is 4.79. The summed E-state index contributed by atoms with van der Waals surface area (Å²) in [5.74, 6) is -0.119. The lowest BCUT2D eigenvalue weighted by atomic mass is 9.98. The number of ether oxygens (including phenoxy) is 1. The van der Waals surface area contributed by atoms with Crippen molar-refractivity contribution in [1.82, 2.24) is 9.80 Å². The fourth-order valence-corrected chi connectivity index (χ4v) is 2.82. The highest BCUT2D eigenvalue weighted by atomic mass is 16.5. The molecule has 0 aromatic carbocycles. The van der Waals surface area contributed by atoms with E-state index in [1.54, 1.807) is 4.90 Å². The molecule has 0 N–H and O–H groups in total. The van der Waals surface area contributed by atoms with E-state index in [-0.39, 0.29) is 17.0 Å². The standard InChI is InChI=1S/C15H23N3O2/c1-15(2,18-7-9-20-10-8-18)11-13(12-16)14(19)17-5-3-4-6-17/h11H,3-10H2,1-2H3/b13-11-. The maximum atomic E-state index is 12.3. The molecule has 0 unspecified atom stereocenters. The molecule has 5 heteroatoms. The molecule has 0 aliphatic carbocycles. The number of carbonyl (C=O) groups is 1. The Balaban J connectivity index is 2.12. The third kappa shape index (κ3) is 3.38. The average Bonchev–Trinajstić information content (AvgIpc) is 2.99. The summed E-state index contributed by atoms with van der Waals surface area (Å²) in [6.07, 6.45) is 3.90. The smallest absolute Gasteiger partial charge is 0.264 e. The van der Waals surface area contributed by atoms with Gasteiger partial charge >= 0.3 is 0 Å². The topological polar surface area (TPSA) is 56.6 Å². The molecule has 5 nitrogen and oxygen atoms in total. The maximum Gasteiger partial charge on any atom is 0.264 e. The third-order valence-electron chi connectivity index (χ3n) is 4.07. The van der Waals surface area contributed by atoms with Crippen LogP contribution in [0.4, 0.5) is 0 Å². The van der Waals surface area contributed by atoms with Crippen LogP contribution >= 0.6 is 0 Å². The van der Waals surface area contributed by atoms with Crippen molar-refractivity contribution < 1.29 is 9.53 Å². The Morgan fingerprint density at radius 2 is 1.80 bits per heavy atom. The Morgan fingerprint density at radius 1 is 1.20 bits per heavy atom. The van der Waals surface area contributed by atoms with Crippen molar-refractivity contribution in [3.05, 3.63) is 11.6 Å². The monoisotopic (exact) mass is 277 g/mol. The van der Waals surface area contributed by atoms with Gasteiger partial charge in [0.15, 0.2) is 0 Å². The number of nitrogens with zero attached hydrogens (tertiary/aromatic N) is 3. The SMILES string of the molecule is CC(C)(/C=C(/C#N)C(=O)N1CCCC1)N1CCOCC1. The predicted molar refractivity (Wildman–Crippen MR) is 76.0 cm³/mol. The van der Waals surface area contributed by atoms with E-state index in [2.05, 4.69) is 11.0 Å². The fourth-order valence-electron chi connectivity index (χ4n) is 2.82. The second kappa shape index (κ2) is 6.38. The van der Waals surface area contributed by atoms with Crippen molar-refractivity contribution >= 4 is 5.91 Å². The summed E-state index contributed by atoms with van der Waals surface area (Å²) in [6, 6.07) is 2.09. The van der Waals surface area contributed by atoms with Gasteiger partial charge in [0.2, 0.25) is 0 Å². The van der Waals surface area contributed by atoms with Crippen LogP contribution in [0.15, 0.2) is 11.6 Å². The number of amides is 1. The van der Waals surface area contributed by atoms with Crippen molar-refractivity contribution in [3.63, 3.8) is 0 Å². The molecular formula is C15H23N3O2. The summed E-state index contributed by atoms with van der Waals surface area (Å²) in [7, 11) is 0. The molecule has 0 spiro atoms. The number of hydrogen-bond donors (Lipinski definition) is 0. The van der Waals surface area contributed by atoms with Crippen LogP contribution in [0.25, 0.3) is 0 Å². The summed E-state index contributed by atoms with van der Waals surface area (Å²) in [6.45, 7) is 8.73. The molecule has 0 bridgehead atoms. The number of carbonyl (C=O) groups excluding carboxylic acids is 1. The molecule has 2 fully saturated rings. The van der Waals surface area contributed by atoms with Crippen molar-refractivity contribution in [1.29, 1.82) is 5.26 Å². The van der Waals surface area contributed by atoms with Crippen molar-refractivity contribution in [3.8, 4) is 6.07 Å². The van der Waals surface area contributed by atoms with E-state index < -0.39 is 0 Å². The first-order chi connectivity index (χ1) is 9.54. The zero-order valence-electron chi connectivity index (χ0n) is 12.4. The Bertz CT molecular complexity index is 425. The van der Waals surface area contributed by atoms with E-state index >= 15 is 0 Å². The highest BCUT2D eigenvalue weighted by Crippen LogP contribution is 2.21. The minimum absolute atomic E-state index is 0.119. The van der Waals surface area contributed by atoms with Gasteiger partial charge in [-0.1, -0.05) is 0 Å². The van der Waals surface area contributed by atoms with Gasteiger partial charge in [-0.3, -0.25) is 9.69 Å². The van der Waals surface area contributed by atoms with Crippen LogP contribution in [0.3, 0.4) is 0 Å². The van der Waals surface area contributed by atoms with Crippen molar-refractivity contribution in [2.24, 2.45) is 0 Å². The van der Waals surface area contributed by atoms with Crippen LogP contribution in [-0.2, 0) is 9.53 Å². The first-order valence-corrected chi connectivity index (χ1v) is 7.29. The van der Waals surface area contributed by atoms with Crippen LogP contribution in [-0.4, -0.2) is 60.6 Å². The number of hydrogen-bond acceptors (Lipinski definition) is 4.